The minimum atomic E-state index is -0.609. The normalized spacial score (nSPS) is 15.9. The number of nitrogens with one attached hydrogen (secondary N) is 2. The van der Waals surface area contributed by atoms with E-state index in [0.29, 0.717) is 6.54 Å². The van der Waals surface area contributed by atoms with Gasteiger partial charge in [-0.05, 0) is 37.9 Å². The first kappa shape index (κ1) is 28.5. The zero-order valence-corrected chi connectivity index (χ0v) is 19.7. The van der Waals surface area contributed by atoms with Crippen LogP contribution in [0.3, 0.4) is 0 Å². The van der Waals surface area contributed by atoms with Gasteiger partial charge in [0.15, 0.2) is 0 Å². The van der Waals surface area contributed by atoms with Crippen molar-refractivity contribution in [2.75, 3.05) is 33.3 Å². The molecule has 2 amide bonds. The van der Waals surface area contributed by atoms with Crippen molar-refractivity contribution in [3.63, 3.8) is 0 Å². The van der Waals surface area contributed by atoms with Gasteiger partial charge in [0, 0.05) is 12.1 Å². The quantitative estimate of drug-likeness (QED) is 0.522. The average Bonchev–Trinajstić information content (AvgIpc) is 2.72. The zero-order chi connectivity index (χ0) is 20.5. The van der Waals surface area contributed by atoms with Gasteiger partial charge in [0.25, 0.3) is 0 Å². The fourth-order valence-corrected chi connectivity index (χ4v) is 3.47. The fourth-order valence-electron chi connectivity index (χ4n) is 3.47. The third-order valence-electron chi connectivity index (χ3n) is 5.27. The summed E-state index contributed by atoms with van der Waals surface area (Å²) in [5.41, 5.74) is 6.88. The Hall–Kier alpha value is -1.54. The number of carbonyl (C=O) groups excluding carboxylic acids is 2. The molecular formula is C21H36Cl2N4O3. The van der Waals surface area contributed by atoms with Gasteiger partial charge in [-0.2, -0.15) is 0 Å². The number of piperidine rings is 1. The van der Waals surface area contributed by atoms with Crippen LogP contribution in [0, 0.1) is 5.92 Å². The lowest BCUT2D eigenvalue weighted by Gasteiger charge is -2.35. The number of rotatable bonds is 9. The molecule has 0 bridgehead atoms. The number of halogens is 2. The third kappa shape index (κ3) is 8.30. The smallest absolute Gasteiger partial charge is 0.239 e. The first-order chi connectivity index (χ1) is 13.4. The Morgan fingerprint density at radius 1 is 1.10 bits per heavy atom. The minimum Gasteiger partial charge on any atom is -0.496 e. The molecular weight excluding hydrogens is 427 g/mol. The van der Waals surface area contributed by atoms with E-state index in [9.17, 15) is 9.59 Å². The molecule has 172 valence electrons. The van der Waals surface area contributed by atoms with Crippen molar-refractivity contribution in [3.8, 4) is 5.75 Å². The Morgan fingerprint density at radius 2 is 1.73 bits per heavy atom. The molecule has 1 aliphatic rings. The molecule has 1 aliphatic heterocycles. The van der Waals surface area contributed by atoms with Gasteiger partial charge in [-0.3, -0.25) is 14.5 Å². The minimum absolute atomic E-state index is 0. The van der Waals surface area contributed by atoms with Crippen molar-refractivity contribution in [1.82, 2.24) is 15.5 Å². The number of likely N-dealkylation sites (tertiary alicyclic amines) is 1. The Morgan fingerprint density at radius 3 is 2.33 bits per heavy atom. The van der Waals surface area contributed by atoms with Gasteiger partial charge in [-0.1, -0.05) is 38.5 Å². The number of carbonyl (C=O) groups is 2. The van der Waals surface area contributed by atoms with Crippen molar-refractivity contribution in [1.29, 1.82) is 0 Å². The average molecular weight is 463 g/mol. The van der Waals surface area contributed by atoms with Crippen LogP contribution < -0.4 is 21.1 Å². The summed E-state index contributed by atoms with van der Waals surface area (Å²) in [6.07, 6.45) is 3.55. The van der Waals surface area contributed by atoms with Crippen molar-refractivity contribution in [3.05, 3.63) is 29.8 Å². The van der Waals surface area contributed by atoms with E-state index in [1.807, 2.05) is 38.1 Å². The van der Waals surface area contributed by atoms with Crippen molar-refractivity contribution < 1.29 is 14.3 Å². The predicted molar refractivity (Wildman–Crippen MR) is 124 cm³/mol. The number of methoxy groups -OCH3 is 1. The van der Waals surface area contributed by atoms with Crippen LogP contribution in [-0.4, -0.2) is 56.0 Å². The number of nitrogens with two attached hydrogens (primary N) is 1. The van der Waals surface area contributed by atoms with Gasteiger partial charge in [0.1, 0.15) is 5.75 Å². The molecule has 1 fully saturated rings. The Bertz CT molecular complexity index is 655. The molecule has 7 nitrogen and oxygen atoms in total. The van der Waals surface area contributed by atoms with Crippen LogP contribution >= 0.6 is 24.8 Å². The summed E-state index contributed by atoms with van der Waals surface area (Å²) in [6.45, 7) is 6.14. The van der Waals surface area contributed by atoms with Gasteiger partial charge < -0.3 is 21.1 Å². The second-order valence-electron chi connectivity index (χ2n) is 7.65. The molecule has 0 saturated carbocycles. The molecule has 30 heavy (non-hydrogen) atoms. The van der Waals surface area contributed by atoms with Crippen molar-refractivity contribution in [2.24, 2.45) is 11.7 Å². The number of nitrogens with zero attached hydrogens (tertiary/aromatic N) is 1. The van der Waals surface area contributed by atoms with Crippen LogP contribution in [0.5, 0.6) is 5.75 Å². The van der Waals surface area contributed by atoms with Crippen LogP contribution in [0.2, 0.25) is 0 Å². The molecule has 0 spiro atoms. The summed E-state index contributed by atoms with van der Waals surface area (Å²) in [5.74, 6) is 0.323. The number of para-hydroxylation sites is 1. The van der Waals surface area contributed by atoms with E-state index in [0.717, 1.165) is 37.2 Å². The first-order valence-electron chi connectivity index (χ1n) is 10.1. The monoisotopic (exact) mass is 462 g/mol. The maximum Gasteiger partial charge on any atom is 0.239 e. The van der Waals surface area contributed by atoms with Crippen molar-refractivity contribution in [2.45, 2.75) is 45.2 Å². The van der Waals surface area contributed by atoms with Crippen molar-refractivity contribution >= 4 is 36.6 Å². The van der Waals surface area contributed by atoms with Gasteiger partial charge >= 0.3 is 0 Å². The number of amides is 2. The van der Waals surface area contributed by atoms with Crippen LogP contribution in [0.4, 0.5) is 0 Å². The lowest BCUT2D eigenvalue weighted by Crippen LogP contribution is -2.48. The van der Waals surface area contributed by atoms with E-state index < -0.39 is 6.04 Å². The van der Waals surface area contributed by atoms with Crippen LogP contribution in [0.15, 0.2) is 24.3 Å². The summed E-state index contributed by atoms with van der Waals surface area (Å²) < 4.78 is 5.54. The third-order valence-corrected chi connectivity index (χ3v) is 5.27. The van der Waals surface area contributed by atoms with Gasteiger partial charge in [-0.15, -0.1) is 24.8 Å². The van der Waals surface area contributed by atoms with E-state index in [1.165, 1.54) is 6.42 Å². The topological polar surface area (TPSA) is 96.7 Å². The fraction of sp³-hybridized carbons (Fsp3) is 0.619. The second-order valence-corrected chi connectivity index (χ2v) is 7.65. The molecule has 4 N–H and O–H groups in total. The van der Waals surface area contributed by atoms with E-state index in [2.05, 4.69) is 15.5 Å². The molecule has 2 atom stereocenters. The standard InChI is InChI=1S/C21H34N4O3.2ClH/c1-15(2)20(22)21(27)24-14-19(26)23-13-17(25-11-7-4-8-12-25)16-9-5-6-10-18(16)28-3;;/h5-6,9-10,15,17,20H,4,7-8,11-14,22H2,1-3H3,(H,23,26)(H,24,27);2*1H/t17?,20-;;/m0../s1. The molecule has 1 aromatic rings. The molecule has 9 heteroatoms. The van der Waals surface area contributed by atoms with E-state index in [1.54, 1.807) is 7.11 Å². The molecule has 1 unspecified atom stereocenters. The highest BCUT2D eigenvalue weighted by Crippen LogP contribution is 2.30. The molecule has 2 rings (SSSR count). The summed E-state index contributed by atoms with van der Waals surface area (Å²) >= 11 is 0. The summed E-state index contributed by atoms with van der Waals surface area (Å²) in [7, 11) is 1.66. The molecule has 0 aromatic heterocycles. The van der Waals surface area contributed by atoms with Gasteiger partial charge in [0.2, 0.25) is 11.8 Å². The molecule has 1 saturated heterocycles. The van der Waals surface area contributed by atoms with Crippen LogP contribution in [-0.2, 0) is 9.59 Å². The predicted octanol–water partition coefficient (Wildman–Crippen LogP) is 2.28. The SMILES string of the molecule is COc1ccccc1C(CNC(=O)CNC(=O)[C@@H](N)C(C)C)N1CCCCC1.Cl.Cl. The van der Waals surface area contributed by atoms with Gasteiger partial charge in [0.05, 0.1) is 25.7 Å². The van der Waals surface area contributed by atoms with E-state index >= 15 is 0 Å². The maximum absolute atomic E-state index is 12.3. The summed E-state index contributed by atoms with van der Waals surface area (Å²) in [4.78, 5) is 26.6. The molecule has 1 heterocycles. The number of hydrogen-bond donors (Lipinski definition) is 3. The maximum atomic E-state index is 12.3. The Labute approximate surface area is 192 Å². The summed E-state index contributed by atoms with van der Waals surface area (Å²) in [5, 5.41) is 5.58. The molecule has 1 aromatic carbocycles. The van der Waals surface area contributed by atoms with E-state index in [4.69, 9.17) is 10.5 Å². The Balaban J connectivity index is 0.00000420. The van der Waals surface area contributed by atoms with Gasteiger partial charge in [-0.25, -0.2) is 0 Å². The number of ether oxygens (including phenoxy) is 1. The Kier molecular flexibility index (Phi) is 13.7. The lowest BCUT2D eigenvalue weighted by molar-refractivity contribution is -0.127. The first-order valence-corrected chi connectivity index (χ1v) is 10.1. The summed E-state index contributed by atoms with van der Waals surface area (Å²) in [6, 6.07) is 7.36. The highest BCUT2D eigenvalue weighted by molar-refractivity contribution is 5.87. The highest BCUT2D eigenvalue weighted by Gasteiger charge is 2.25. The number of benzene rings is 1. The highest BCUT2D eigenvalue weighted by atomic mass is 35.5. The number of hydrogen-bond acceptors (Lipinski definition) is 5. The zero-order valence-electron chi connectivity index (χ0n) is 18.1. The largest absolute Gasteiger partial charge is 0.496 e. The molecule has 0 aliphatic carbocycles. The lowest BCUT2D eigenvalue weighted by atomic mass is 10.0. The second kappa shape index (κ2) is 14.5. The van der Waals surface area contributed by atoms with Crippen LogP contribution in [0.25, 0.3) is 0 Å². The molecule has 0 radical (unpaired) electrons. The van der Waals surface area contributed by atoms with E-state index in [-0.39, 0.29) is 55.1 Å². The van der Waals surface area contributed by atoms with Crippen LogP contribution in [0.1, 0.15) is 44.7 Å².